The van der Waals surface area contributed by atoms with Crippen molar-refractivity contribution in [1.29, 1.82) is 0 Å². The van der Waals surface area contributed by atoms with Crippen LogP contribution in [0.25, 0.3) is 0 Å². The van der Waals surface area contributed by atoms with Crippen LogP contribution in [0.1, 0.15) is 5.56 Å². The van der Waals surface area contributed by atoms with Crippen LogP contribution >= 0.6 is 0 Å². The number of urea groups is 1. The largest absolute Gasteiger partial charge is 0.328 e. The van der Waals surface area contributed by atoms with Gasteiger partial charge in [-0.2, -0.15) is 0 Å². The third-order valence-electron chi connectivity index (χ3n) is 3.62. The summed E-state index contributed by atoms with van der Waals surface area (Å²) in [4.78, 5) is 30.7. The van der Waals surface area contributed by atoms with E-state index in [4.69, 9.17) is 0 Å². The van der Waals surface area contributed by atoms with Crippen molar-refractivity contribution in [2.24, 2.45) is 4.99 Å². The number of amidine groups is 1. The van der Waals surface area contributed by atoms with Crippen LogP contribution in [0.4, 0.5) is 4.79 Å². The lowest BCUT2D eigenvalue weighted by atomic mass is 10.1. The average Bonchev–Trinajstić information content (AvgIpc) is 2.81. The van der Waals surface area contributed by atoms with Crippen molar-refractivity contribution in [3.05, 3.63) is 35.9 Å². The van der Waals surface area contributed by atoms with Gasteiger partial charge in [-0.05, 0) is 0 Å². The summed E-state index contributed by atoms with van der Waals surface area (Å²) < 4.78 is 0. The summed E-state index contributed by atoms with van der Waals surface area (Å²) >= 11 is 0. The van der Waals surface area contributed by atoms with Gasteiger partial charge in [-0.25, -0.2) is 14.9 Å². The highest BCUT2D eigenvalue weighted by atomic mass is 16.5. The van der Waals surface area contributed by atoms with Crippen molar-refractivity contribution < 1.29 is 14.8 Å². The van der Waals surface area contributed by atoms with E-state index in [-0.39, 0.29) is 0 Å². The molecule has 0 radical (unpaired) electrons. The fourth-order valence-electron chi connectivity index (χ4n) is 2.48. The molecule has 3 rings (SSSR count). The first-order chi connectivity index (χ1) is 9.52. The van der Waals surface area contributed by atoms with Crippen LogP contribution in [-0.2, 0) is 4.79 Å². The number of hydroxylamine groups is 2. The summed E-state index contributed by atoms with van der Waals surface area (Å²) in [5.74, 6) is -0.167. The van der Waals surface area contributed by atoms with E-state index in [9.17, 15) is 14.8 Å². The maximum Gasteiger partial charge on any atom is 0.328 e. The van der Waals surface area contributed by atoms with Gasteiger partial charge in [0.25, 0.3) is 5.91 Å². The Labute approximate surface area is 115 Å². The molecular formula is C13H14N4O3. The minimum atomic E-state index is -0.891. The van der Waals surface area contributed by atoms with Crippen molar-refractivity contribution in [3.63, 3.8) is 0 Å². The zero-order chi connectivity index (χ0) is 14.4. The number of aliphatic imine (C=N–C) groups is 1. The lowest BCUT2D eigenvalue weighted by Gasteiger charge is -2.37. The predicted molar refractivity (Wildman–Crippen MR) is 70.1 cm³/mol. The fourth-order valence-corrected chi connectivity index (χ4v) is 2.48. The minimum Gasteiger partial charge on any atom is -0.302 e. The van der Waals surface area contributed by atoms with Crippen molar-refractivity contribution in [2.45, 2.75) is 12.2 Å². The van der Waals surface area contributed by atoms with Crippen LogP contribution in [0.5, 0.6) is 0 Å². The second-order valence-corrected chi connectivity index (χ2v) is 4.81. The second-order valence-electron chi connectivity index (χ2n) is 4.81. The number of rotatable bonds is 1. The number of nitrogens with zero attached hydrogens (tertiary/aromatic N) is 4. The second kappa shape index (κ2) is 4.31. The van der Waals surface area contributed by atoms with Crippen LogP contribution in [-0.4, -0.2) is 64.1 Å². The van der Waals surface area contributed by atoms with Gasteiger partial charge in [0, 0.05) is 19.7 Å². The number of benzene rings is 1. The van der Waals surface area contributed by atoms with Crippen LogP contribution in [0.15, 0.2) is 35.3 Å². The first-order valence-electron chi connectivity index (χ1n) is 6.18. The molecular weight excluding hydrogens is 260 g/mol. The molecule has 1 saturated heterocycles. The van der Waals surface area contributed by atoms with E-state index in [1.165, 1.54) is 11.9 Å². The molecule has 1 N–H and O–H groups in total. The highest BCUT2D eigenvalue weighted by Crippen LogP contribution is 2.27. The highest BCUT2D eigenvalue weighted by Gasteiger charge is 2.51. The monoisotopic (exact) mass is 274 g/mol. The number of fused-ring (bicyclic) bond motifs is 1. The summed E-state index contributed by atoms with van der Waals surface area (Å²) in [6.45, 7) is 0. The van der Waals surface area contributed by atoms with Gasteiger partial charge in [0.15, 0.2) is 18.0 Å². The molecule has 20 heavy (non-hydrogen) atoms. The number of amides is 3. The van der Waals surface area contributed by atoms with Gasteiger partial charge in [0.2, 0.25) is 0 Å². The molecule has 0 bridgehead atoms. The number of likely N-dealkylation sites (N-methyl/N-ethyl adjacent to an activating group) is 2. The molecule has 2 aliphatic rings. The zero-order valence-electron chi connectivity index (χ0n) is 11.1. The Balaban J connectivity index is 2.02. The van der Waals surface area contributed by atoms with Gasteiger partial charge < -0.3 is 4.90 Å². The number of carbonyl (C=O) groups is 2. The van der Waals surface area contributed by atoms with Crippen molar-refractivity contribution in [1.82, 2.24) is 14.9 Å². The third kappa shape index (κ3) is 1.60. The van der Waals surface area contributed by atoms with Gasteiger partial charge in [0.05, 0.1) is 0 Å². The molecule has 2 unspecified atom stereocenters. The number of carbonyl (C=O) groups excluding carboxylic acids is 2. The average molecular weight is 274 g/mol. The number of hydrogen-bond donors (Lipinski definition) is 1. The van der Waals surface area contributed by atoms with Crippen LogP contribution in [0, 0.1) is 0 Å². The van der Waals surface area contributed by atoms with Gasteiger partial charge in [-0.1, -0.05) is 30.3 Å². The normalized spacial score (nSPS) is 25.9. The maximum absolute atomic E-state index is 12.2. The minimum absolute atomic E-state index is 0.295. The Morgan fingerprint density at radius 2 is 1.80 bits per heavy atom. The zero-order valence-corrected chi connectivity index (χ0v) is 11.1. The Kier molecular flexibility index (Phi) is 2.72. The molecule has 3 amide bonds. The molecule has 1 fully saturated rings. The van der Waals surface area contributed by atoms with Crippen LogP contribution in [0.2, 0.25) is 0 Å². The lowest BCUT2D eigenvalue weighted by Crippen LogP contribution is -2.63. The predicted octanol–water partition coefficient (Wildman–Crippen LogP) is 0.356. The lowest BCUT2D eigenvalue weighted by molar-refractivity contribution is -0.149. The summed E-state index contributed by atoms with van der Waals surface area (Å²) in [6, 6.07) is 7.74. The third-order valence-corrected chi connectivity index (χ3v) is 3.62. The molecule has 0 aromatic heterocycles. The topological polar surface area (TPSA) is 76.5 Å². The smallest absolute Gasteiger partial charge is 0.302 e. The van der Waals surface area contributed by atoms with E-state index in [1.54, 1.807) is 19.2 Å². The summed E-state index contributed by atoms with van der Waals surface area (Å²) in [5.41, 5.74) is 0.695. The van der Waals surface area contributed by atoms with Crippen LogP contribution < -0.4 is 0 Å². The van der Waals surface area contributed by atoms with Crippen molar-refractivity contribution in [2.75, 3.05) is 14.1 Å². The summed E-state index contributed by atoms with van der Waals surface area (Å²) in [5, 5.41) is 11.1. The Bertz CT molecular complexity index is 601. The van der Waals surface area contributed by atoms with Crippen LogP contribution in [0.3, 0.4) is 0 Å². The van der Waals surface area contributed by atoms with E-state index in [0.29, 0.717) is 11.4 Å². The first kappa shape index (κ1) is 12.6. The van der Waals surface area contributed by atoms with Gasteiger partial charge >= 0.3 is 6.03 Å². The molecule has 2 atom stereocenters. The Morgan fingerprint density at radius 1 is 1.15 bits per heavy atom. The highest BCUT2D eigenvalue weighted by molar-refractivity contribution is 6.07. The summed E-state index contributed by atoms with van der Waals surface area (Å²) in [6.07, 6.45) is -0.702. The molecule has 7 heteroatoms. The molecule has 104 valence electrons. The first-order valence-corrected chi connectivity index (χ1v) is 6.18. The fraction of sp³-hybridized carbons (Fsp3) is 0.308. The van der Waals surface area contributed by atoms with E-state index >= 15 is 0 Å². The number of imide groups is 1. The molecule has 2 heterocycles. The van der Waals surface area contributed by atoms with Gasteiger partial charge in [-0.3, -0.25) is 14.9 Å². The molecule has 0 aliphatic carbocycles. The van der Waals surface area contributed by atoms with E-state index in [1.807, 2.05) is 18.2 Å². The van der Waals surface area contributed by atoms with Gasteiger partial charge in [-0.15, -0.1) is 0 Å². The molecule has 0 saturated carbocycles. The number of hydrogen-bond acceptors (Lipinski definition) is 5. The van der Waals surface area contributed by atoms with Crippen molar-refractivity contribution >= 4 is 17.8 Å². The van der Waals surface area contributed by atoms with Gasteiger partial charge in [0.1, 0.15) is 0 Å². The molecule has 2 aliphatic heterocycles. The standard InChI is InChI=1S/C13H14N4O3/c1-15-11-9(12(18)16(2)13(15)19)17(20)10(14-11)8-6-4-3-5-7-8/h3-7,9,11,20H,1-2H3. The molecule has 0 spiro atoms. The van der Waals surface area contributed by atoms with E-state index in [2.05, 4.69) is 4.99 Å². The molecule has 1 aromatic carbocycles. The van der Waals surface area contributed by atoms with Crippen molar-refractivity contribution in [3.8, 4) is 0 Å². The van der Waals surface area contributed by atoms with E-state index < -0.39 is 24.1 Å². The SMILES string of the molecule is CN1C(=O)C2C(N=C(c3ccccc3)N2O)N(C)C1=O. The summed E-state index contributed by atoms with van der Waals surface area (Å²) in [7, 11) is 2.96. The Hall–Kier alpha value is -2.41. The quantitative estimate of drug-likeness (QED) is 0.802. The Morgan fingerprint density at radius 3 is 2.45 bits per heavy atom. The molecule has 1 aromatic rings. The molecule has 7 nitrogen and oxygen atoms in total. The maximum atomic E-state index is 12.2. The van der Waals surface area contributed by atoms with E-state index in [0.717, 1.165) is 9.96 Å².